The SMILES string of the molecule is COc1ccc(C(=O)CNc2c(Cl)cccc2Cl)cc1Br. The van der Waals surface area contributed by atoms with E-state index in [0.29, 0.717) is 27.0 Å². The maximum absolute atomic E-state index is 12.2. The second kappa shape index (κ2) is 7.16. The summed E-state index contributed by atoms with van der Waals surface area (Å²) in [7, 11) is 1.57. The van der Waals surface area contributed by atoms with Crippen LogP contribution in [0.1, 0.15) is 10.4 Å². The minimum absolute atomic E-state index is 0.0747. The molecule has 0 saturated heterocycles. The van der Waals surface area contributed by atoms with Gasteiger partial charge in [0.2, 0.25) is 0 Å². The van der Waals surface area contributed by atoms with Crippen LogP contribution in [-0.4, -0.2) is 19.4 Å². The Balaban J connectivity index is 2.10. The zero-order valence-corrected chi connectivity index (χ0v) is 14.2. The summed E-state index contributed by atoms with van der Waals surface area (Å²) < 4.78 is 5.86. The van der Waals surface area contributed by atoms with E-state index in [1.165, 1.54) is 0 Å². The highest BCUT2D eigenvalue weighted by Crippen LogP contribution is 2.30. The summed E-state index contributed by atoms with van der Waals surface area (Å²) in [5.41, 5.74) is 1.13. The van der Waals surface area contributed by atoms with Gasteiger partial charge in [0.25, 0.3) is 0 Å². The molecule has 0 atom stereocenters. The lowest BCUT2D eigenvalue weighted by Crippen LogP contribution is -2.14. The number of benzene rings is 2. The zero-order valence-electron chi connectivity index (χ0n) is 11.1. The van der Waals surface area contributed by atoms with Crippen LogP contribution in [0.3, 0.4) is 0 Å². The first kappa shape index (κ1) is 16.1. The van der Waals surface area contributed by atoms with Gasteiger partial charge >= 0.3 is 0 Å². The number of methoxy groups -OCH3 is 1. The van der Waals surface area contributed by atoms with Crippen LogP contribution in [0.15, 0.2) is 40.9 Å². The molecule has 2 rings (SSSR count). The van der Waals surface area contributed by atoms with Crippen molar-refractivity contribution in [2.24, 2.45) is 0 Å². The molecule has 6 heteroatoms. The maximum Gasteiger partial charge on any atom is 0.181 e. The number of nitrogens with one attached hydrogen (secondary N) is 1. The quantitative estimate of drug-likeness (QED) is 0.727. The molecule has 0 aliphatic heterocycles. The lowest BCUT2D eigenvalue weighted by molar-refractivity contribution is 0.101. The monoisotopic (exact) mass is 387 g/mol. The summed E-state index contributed by atoms with van der Waals surface area (Å²) in [6, 6.07) is 10.3. The molecule has 21 heavy (non-hydrogen) atoms. The molecule has 110 valence electrons. The first-order valence-electron chi connectivity index (χ1n) is 6.07. The van der Waals surface area contributed by atoms with E-state index in [4.69, 9.17) is 27.9 Å². The normalized spacial score (nSPS) is 10.3. The Morgan fingerprint density at radius 1 is 1.24 bits per heavy atom. The summed E-state index contributed by atoms with van der Waals surface area (Å²) in [5, 5.41) is 3.92. The Morgan fingerprint density at radius 2 is 1.90 bits per heavy atom. The molecular weight excluding hydrogens is 377 g/mol. The molecule has 1 N–H and O–H groups in total. The topological polar surface area (TPSA) is 38.3 Å². The predicted octanol–water partition coefficient (Wildman–Crippen LogP) is 5.06. The number of halogens is 3. The van der Waals surface area contributed by atoms with Crippen LogP contribution in [0.2, 0.25) is 10.0 Å². The lowest BCUT2D eigenvalue weighted by atomic mass is 10.1. The minimum atomic E-state index is -0.0747. The van der Waals surface area contributed by atoms with Crippen molar-refractivity contribution < 1.29 is 9.53 Å². The van der Waals surface area contributed by atoms with Gasteiger partial charge in [-0.1, -0.05) is 29.3 Å². The van der Waals surface area contributed by atoms with Crippen molar-refractivity contribution in [2.75, 3.05) is 19.0 Å². The molecule has 0 spiro atoms. The average Bonchev–Trinajstić information content (AvgIpc) is 2.46. The molecule has 0 heterocycles. The van der Waals surface area contributed by atoms with Gasteiger partial charge in [-0.15, -0.1) is 0 Å². The molecular formula is C15H12BrCl2NO2. The molecule has 0 bridgehead atoms. The smallest absolute Gasteiger partial charge is 0.181 e. The van der Waals surface area contributed by atoms with E-state index in [1.807, 2.05) is 0 Å². The minimum Gasteiger partial charge on any atom is -0.496 e. The number of hydrogen-bond acceptors (Lipinski definition) is 3. The lowest BCUT2D eigenvalue weighted by Gasteiger charge is -2.10. The van der Waals surface area contributed by atoms with E-state index < -0.39 is 0 Å². The molecule has 0 radical (unpaired) electrons. The molecule has 0 saturated carbocycles. The van der Waals surface area contributed by atoms with Crippen molar-refractivity contribution in [3.8, 4) is 5.75 Å². The van der Waals surface area contributed by atoms with Crippen LogP contribution < -0.4 is 10.1 Å². The molecule has 0 aliphatic rings. The molecule has 0 aliphatic carbocycles. The number of ether oxygens (including phenoxy) is 1. The standard InChI is InChI=1S/C15H12BrCl2NO2/c1-21-14-6-5-9(7-10(14)16)13(20)8-19-15-11(17)3-2-4-12(15)18/h2-7,19H,8H2,1H3. The number of carbonyl (C=O) groups excluding carboxylic acids is 1. The molecule has 0 amide bonds. The van der Waals surface area contributed by atoms with Crippen molar-refractivity contribution in [2.45, 2.75) is 0 Å². The Labute approximate surface area is 141 Å². The van der Waals surface area contributed by atoms with Crippen molar-refractivity contribution >= 4 is 50.6 Å². The maximum atomic E-state index is 12.2. The molecule has 0 fully saturated rings. The van der Waals surface area contributed by atoms with Crippen molar-refractivity contribution in [1.82, 2.24) is 0 Å². The first-order valence-corrected chi connectivity index (χ1v) is 7.62. The van der Waals surface area contributed by atoms with Gasteiger partial charge in [0, 0.05) is 5.56 Å². The summed E-state index contributed by atoms with van der Waals surface area (Å²) in [6.07, 6.45) is 0. The fourth-order valence-electron chi connectivity index (χ4n) is 1.78. The van der Waals surface area contributed by atoms with Crippen LogP contribution in [0.5, 0.6) is 5.75 Å². The predicted molar refractivity (Wildman–Crippen MR) is 90.0 cm³/mol. The van der Waals surface area contributed by atoms with E-state index in [2.05, 4.69) is 21.2 Å². The van der Waals surface area contributed by atoms with Crippen LogP contribution in [0.25, 0.3) is 0 Å². The van der Waals surface area contributed by atoms with Gasteiger partial charge < -0.3 is 10.1 Å². The Morgan fingerprint density at radius 3 is 2.48 bits per heavy atom. The van der Waals surface area contributed by atoms with E-state index in [9.17, 15) is 4.79 Å². The van der Waals surface area contributed by atoms with Gasteiger partial charge in [-0.2, -0.15) is 0 Å². The summed E-state index contributed by atoms with van der Waals surface area (Å²) in [6.45, 7) is 0.0994. The van der Waals surface area contributed by atoms with Crippen molar-refractivity contribution in [3.05, 3.63) is 56.5 Å². The number of rotatable bonds is 5. The van der Waals surface area contributed by atoms with E-state index in [0.717, 1.165) is 4.47 Å². The van der Waals surface area contributed by atoms with Gasteiger partial charge in [-0.3, -0.25) is 4.79 Å². The molecule has 2 aromatic carbocycles. The molecule has 0 unspecified atom stereocenters. The highest BCUT2D eigenvalue weighted by atomic mass is 79.9. The number of hydrogen-bond donors (Lipinski definition) is 1. The number of Topliss-reactive ketones (excluding diaryl/α,β-unsaturated/α-hetero) is 1. The summed E-state index contributed by atoms with van der Waals surface area (Å²) >= 11 is 15.4. The third-order valence-corrected chi connectivity index (χ3v) is 4.11. The largest absolute Gasteiger partial charge is 0.496 e. The van der Waals surface area contributed by atoms with Crippen LogP contribution in [0, 0.1) is 0 Å². The number of para-hydroxylation sites is 1. The van der Waals surface area contributed by atoms with Gasteiger partial charge in [0.05, 0.1) is 33.9 Å². The van der Waals surface area contributed by atoms with E-state index in [-0.39, 0.29) is 12.3 Å². The van der Waals surface area contributed by atoms with Gasteiger partial charge in [0.1, 0.15) is 5.75 Å². The molecule has 3 nitrogen and oxygen atoms in total. The van der Waals surface area contributed by atoms with Crippen LogP contribution in [0.4, 0.5) is 5.69 Å². The molecule has 2 aromatic rings. The van der Waals surface area contributed by atoms with Crippen LogP contribution in [-0.2, 0) is 0 Å². The van der Waals surface area contributed by atoms with Gasteiger partial charge in [-0.05, 0) is 46.3 Å². The Bertz CT molecular complexity index is 656. The number of carbonyl (C=O) groups is 1. The summed E-state index contributed by atoms with van der Waals surface area (Å²) in [4.78, 5) is 12.2. The third kappa shape index (κ3) is 3.90. The fourth-order valence-corrected chi connectivity index (χ4v) is 2.85. The average molecular weight is 389 g/mol. The third-order valence-electron chi connectivity index (χ3n) is 2.86. The second-order valence-corrected chi connectivity index (χ2v) is 5.89. The number of ketones is 1. The highest BCUT2D eigenvalue weighted by Gasteiger charge is 2.11. The fraction of sp³-hybridized carbons (Fsp3) is 0.133. The second-order valence-electron chi connectivity index (χ2n) is 4.22. The van der Waals surface area contributed by atoms with Crippen molar-refractivity contribution in [3.63, 3.8) is 0 Å². The summed E-state index contributed by atoms with van der Waals surface area (Å²) in [5.74, 6) is 0.600. The zero-order chi connectivity index (χ0) is 15.4. The van der Waals surface area contributed by atoms with E-state index in [1.54, 1.807) is 43.5 Å². The van der Waals surface area contributed by atoms with Crippen molar-refractivity contribution in [1.29, 1.82) is 0 Å². The number of anilines is 1. The van der Waals surface area contributed by atoms with E-state index >= 15 is 0 Å². The van der Waals surface area contributed by atoms with Gasteiger partial charge in [0.15, 0.2) is 5.78 Å². The highest BCUT2D eigenvalue weighted by molar-refractivity contribution is 9.10. The first-order chi connectivity index (χ1) is 10.0. The van der Waals surface area contributed by atoms with Crippen LogP contribution >= 0.6 is 39.1 Å². The molecule has 0 aromatic heterocycles. The Hall–Kier alpha value is -1.23. The van der Waals surface area contributed by atoms with Gasteiger partial charge in [-0.25, -0.2) is 0 Å². The Kier molecular flexibility index (Phi) is 5.51.